The van der Waals surface area contributed by atoms with Gasteiger partial charge in [-0.3, -0.25) is 4.79 Å². The molecule has 1 heterocycles. The number of aromatic nitrogens is 2. The van der Waals surface area contributed by atoms with Crippen molar-refractivity contribution in [2.24, 2.45) is 5.41 Å². The molecule has 30 heavy (non-hydrogen) atoms. The maximum absolute atomic E-state index is 12.1. The summed E-state index contributed by atoms with van der Waals surface area (Å²) in [6.45, 7) is 12.0. The van der Waals surface area contributed by atoms with Gasteiger partial charge >= 0.3 is 0 Å². The van der Waals surface area contributed by atoms with E-state index in [0.29, 0.717) is 19.6 Å². The number of hydrogen-bond acceptors (Lipinski definition) is 3. The van der Waals surface area contributed by atoms with Crippen LogP contribution >= 0.6 is 0 Å². The number of amides is 1. The van der Waals surface area contributed by atoms with E-state index in [0.717, 1.165) is 35.6 Å². The summed E-state index contributed by atoms with van der Waals surface area (Å²) in [6.07, 6.45) is 1.59. The number of carbonyl (C=O) groups excluding carboxylic acids is 1. The summed E-state index contributed by atoms with van der Waals surface area (Å²) >= 11 is 0. The molecule has 1 amide bonds. The number of fused-ring (bicyclic) bond motifs is 1. The van der Waals surface area contributed by atoms with E-state index >= 15 is 0 Å². The minimum absolute atomic E-state index is 0.0620. The Labute approximate surface area is 179 Å². The zero-order chi connectivity index (χ0) is 21.7. The third-order valence-corrected chi connectivity index (χ3v) is 5.32. The van der Waals surface area contributed by atoms with E-state index in [1.165, 1.54) is 11.1 Å². The third kappa shape index (κ3) is 5.41. The largest absolute Gasteiger partial charge is 0.494 e. The SMILES string of the molecule is Cc1ccc(OCCCn2c(CCNC(=O)C(C)(C)C)nc3ccccc32)cc1C. The molecule has 3 aromatic rings. The van der Waals surface area contributed by atoms with E-state index in [4.69, 9.17) is 9.72 Å². The van der Waals surface area contributed by atoms with Crippen LogP contribution in [-0.2, 0) is 17.8 Å². The van der Waals surface area contributed by atoms with Crippen molar-refractivity contribution < 1.29 is 9.53 Å². The second kappa shape index (κ2) is 9.33. The molecule has 0 saturated heterocycles. The van der Waals surface area contributed by atoms with Gasteiger partial charge < -0.3 is 14.6 Å². The molecule has 0 radical (unpaired) electrons. The fourth-order valence-corrected chi connectivity index (χ4v) is 3.34. The summed E-state index contributed by atoms with van der Waals surface area (Å²) in [6, 6.07) is 14.4. The first-order valence-corrected chi connectivity index (χ1v) is 10.7. The number of ether oxygens (including phenoxy) is 1. The zero-order valence-corrected chi connectivity index (χ0v) is 18.8. The minimum atomic E-state index is -0.383. The summed E-state index contributed by atoms with van der Waals surface area (Å²) in [7, 11) is 0. The van der Waals surface area contributed by atoms with Crippen LogP contribution in [0.5, 0.6) is 5.75 Å². The molecule has 160 valence electrons. The molecule has 0 aliphatic carbocycles. The second-order valence-corrected chi connectivity index (χ2v) is 8.87. The fourth-order valence-electron chi connectivity index (χ4n) is 3.34. The van der Waals surface area contributed by atoms with Gasteiger partial charge in [-0.25, -0.2) is 4.98 Å². The average Bonchev–Trinajstić information content (AvgIpc) is 3.04. The number of nitrogens with one attached hydrogen (secondary N) is 1. The van der Waals surface area contributed by atoms with Crippen LogP contribution in [0.15, 0.2) is 42.5 Å². The van der Waals surface area contributed by atoms with Crippen molar-refractivity contribution in [1.29, 1.82) is 0 Å². The number of imidazole rings is 1. The van der Waals surface area contributed by atoms with Gasteiger partial charge in [0.15, 0.2) is 0 Å². The van der Waals surface area contributed by atoms with Crippen molar-refractivity contribution in [1.82, 2.24) is 14.9 Å². The number of para-hydroxylation sites is 2. The first-order chi connectivity index (χ1) is 14.3. The molecule has 0 atom stereocenters. The number of hydrogen-bond donors (Lipinski definition) is 1. The predicted octanol–water partition coefficient (Wildman–Crippen LogP) is 4.83. The van der Waals surface area contributed by atoms with Gasteiger partial charge in [-0.1, -0.05) is 39.0 Å². The van der Waals surface area contributed by atoms with Gasteiger partial charge in [-0.05, 0) is 55.7 Å². The predicted molar refractivity (Wildman–Crippen MR) is 122 cm³/mol. The summed E-state index contributed by atoms with van der Waals surface area (Å²) in [5.74, 6) is 1.97. The highest BCUT2D eigenvalue weighted by Crippen LogP contribution is 2.19. The normalized spacial score (nSPS) is 11.6. The molecule has 0 bridgehead atoms. The fraction of sp³-hybridized carbons (Fsp3) is 0.440. The summed E-state index contributed by atoms with van der Waals surface area (Å²) in [5, 5.41) is 3.02. The highest BCUT2D eigenvalue weighted by Gasteiger charge is 2.20. The van der Waals surface area contributed by atoms with Crippen LogP contribution in [0.1, 0.15) is 44.1 Å². The van der Waals surface area contributed by atoms with Crippen molar-refractivity contribution in [3.8, 4) is 5.75 Å². The molecule has 2 aromatic carbocycles. The maximum Gasteiger partial charge on any atom is 0.225 e. The van der Waals surface area contributed by atoms with Crippen LogP contribution in [-0.4, -0.2) is 28.6 Å². The Kier molecular flexibility index (Phi) is 6.80. The Bertz CT molecular complexity index is 1010. The van der Waals surface area contributed by atoms with Gasteiger partial charge in [0.1, 0.15) is 11.6 Å². The first-order valence-electron chi connectivity index (χ1n) is 10.7. The highest BCUT2D eigenvalue weighted by molar-refractivity contribution is 5.81. The lowest BCUT2D eigenvalue weighted by atomic mass is 9.96. The summed E-state index contributed by atoms with van der Waals surface area (Å²) in [5.41, 5.74) is 4.25. The smallest absolute Gasteiger partial charge is 0.225 e. The average molecular weight is 408 g/mol. The Morgan fingerprint density at radius 2 is 1.87 bits per heavy atom. The highest BCUT2D eigenvalue weighted by atomic mass is 16.5. The number of carbonyl (C=O) groups is 1. The topological polar surface area (TPSA) is 56.1 Å². The summed E-state index contributed by atoms with van der Waals surface area (Å²) < 4.78 is 8.20. The quantitative estimate of drug-likeness (QED) is 0.544. The van der Waals surface area contributed by atoms with Crippen molar-refractivity contribution in [2.45, 2.75) is 54.0 Å². The molecule has 0 aliphatic heterocycles. The molecule has 3 rings (SSSR count). The molecule has 0 aliphatic rings. The lowest BCUT2D eigenvalue weighted by Gasteiger charge is -2.17. The Morgan fingerprint density at radius 1 is 1.10 bits per heavy atom. The van der Waals surface area contributed by atoms with Crippen molar-refractivity contribution in [2.75, 3.05) is 13.2 Å². The monoisotopic (exact) mass is 407 g/mol. The molecule has 0 saturated carbocycles. The molecule has 0 spiro atoms. The van der Waals surface area contributed by atoms with E-state index in [9.17, 15) is 4.79 Å². The second-order valence-electron chi connectivity index (χ2n) is 8.87. The first kappa shape index (κ1) is 21.9. The van der Waals surface area contributed by atoms with Crippen LogP contribution in [0, 0.1) is 19.3 Å². The molecule has 5 nitrogen and oxygen atoms in total. The van der Waals surface area contributed by atoms with E-state index < -0.39 is 0 Å². The van der Waals surface area contributed by atoms with E-state index in [1.54, 1.807) is 0 Å². The number of nitrogens with zero attached hydrogens (tertiary/aromatic N) is 2. The van der Waals surface area contributed by atoms with E-state index in [2.05, 4.69) is 41.9 Å². The van der Waals surface area contributed by atoms with Gasteiger partial charge in [-0.15, -0.1) is 0 Å². The molecular formula is C25H33N3O2. The third-order valence-electron chi connectivity index (χ3n) is 5.32. The number of benzene rings is 2. The molecule has 0 unspecified atom stereocenters. The van der Waals surface area contributed by atoms with E-state index in [1.807, 2.05) is 45.0 Å². The van der Waals surface area contributed by atoms with Crippen molar-refractivity contribution in [3.05, 3.63) is 59.4 Å². The summed E-state index contributed by atoms with van der Waals surface area (Å²) in [4.78, 5) is 16.9. The Balaban J connectivity index is 1.62. The van der Waals surface area contributed by atoms with Gasteiger partial charge in [0.25, 0.3) is 0 Å². The molecule has 1 N–H and O–H groups in total. The standard InChI is InChI=1S/C25H33N3O2/c1-18-11-12-20(17-19(18)2)30-16-8-15-28-22-10-7-6-9-21(22)27-23(28)13-14-26-24(29)25(3,4)5/h6-7,9-12,17H,8,13-16H2,1-5H3,(H,26,29). The van der Waals surface area contributed by atoms with Crippen LogP contribution in [0.2, 0.25) is 0 Å². The van der Waals surface area contributed by atoms with Crippen molar-refractivity contribution >= 4 is 16.9 Å². The lowest BCUT2D eigenvalue weighted by Crippen LogP contribution is -2.36. The molecule has 0 fully saturated rings. The minimum Gasteiger partial charge on any atom is -0.494 e. The van der Waals surface area contributed by atoms with Gasteiger partial charge in [0, 0.05) is 24.9 Å². The Morgan fingerprint density at radius 3 is 2.60 bits per heavy atom. The van der Waals surface area contributed by atoms with Crippen LogP contribution in [0.4, 0.5) is 0 Å². The van der Waals surface area contributed by atoms with Crippen LogP contribution in [0.3, 0.4) is 0 Å². The number of aryl methyl sites for hydroxylation is 3. The number of rotatable bonds is 8. The van der Waals surface area contributed by atoms with E-state index in [-0.39, 0.29) is 11.3 Å². The van der Waals surface area contributed by atoms with Gasteiger partial charge in [0.2, 0.25) is 5.91 Å². The molecule has 5 heteroatoms. The van der Waals surface area contributed by atoms with Crippen LogP contribution in [0.25, 0.3) is 11.0 Å². The lowest BCUT2D eigenvalue weighted by molar-refractivity contribution is -0.128. The molecular weight excluding hydrogens is 374 g/mol. The van der Waals surface area contributed by atoms with Crippen LogP contribution < -0.4 is 10.1 Å². The molecule has 1 aromatic heterocycles. The Hall–Kier alpha value is -2.82. The zero-order valence-electron chi connectivity index (χ0n) is 18.8. The van der Waals surface area contributed by atoms with Gasteiger partial charge in [-0.2, -0.15) is 0 Å². The van der Waals surface area contributed by atoms with Gasteiger partial charge in [0.05, 0.1) is 17.6 Å². The van der Waals surface area contributed by atoms with Crippen molar-refractivity contribution in [3.63, 3.8) is 0 Å². The maximum atomic E-state index is 12.1.